The molecule has 0 aliphatic heterocycles. The Morgan fingerprint density at radius 2 is 2.05 bits per heavy atom. The van der Waals surface area contributed by atoms with Crippen LogP contribution >= 0.6 is 0 Å². The van der Waals surface area contributed by atoms with Crippen molar-refractivity contribution in [1.29, 1.82) is 0 Å². The third kappa shape index (κ3) is 4.52. The van der Waals surface area contributed by atoms with Crippen molar-refractivity contribution in [3.8, 4) is 0 Å². The minimum absolute atomic E-state index is 0.0811. The van der Waals surface area contributed by atoms with Crippen molar-refractivity contribution in [1.82, 2.24) is 4.98 Å². The Hall–Kier alpha value is -1.62. The van der Waals surface area contributed by atoms with Gasteiger partial charge < -0.3 is 15.5 Å². The number of aromatic carboxylic acids is 1. The van der Waals surface area contributed by atoms with E-state index in [9.17, 15) is 4.79 Å². The zero-order chi connectivity index (χ0) is 14.6. The van der Waals surface area contributed by atoms with Gasteiger partial charge >= 0.3 is 5.97 Å². The van der Waals surface area contributed by atoms with Gasteiger partial charge in [0.2, 0.25) is 0 Å². The summed E-state index contributed by atoms with van der Waals surface area (Å²) in [7, 11) is 0. The van der Waals surface area contributed by atoms with Crippen LogP contribution in [-0.4, -0.2) is 34.3 Å². The van der Waals surface area contributed by atoms with Gasteiger partial charge in [0.05, 0.1) is 5.56 Å². The van der Waals surface area contributed by atoms with E-state index in [0.717, 1.165) is 5.69 Å². The van der Waals surface area contributed by atoms with Crippen molar-refractivity contribution in [2.24, 2.45) is 5.92 Å². The Labute approximate surface area is 113 Å². The molecular weight excluding hydrogens is 244 g/mol. The molecule has 1 aromatic rings. The summed E-state index contributed by atoms with van der Waals surface area (Å²) in [5.41, 5.74) is 0.732. The lowest BCUT2D eigenvalue weighted by Crippen LogP contribution is -2.19. The average molecular weight is 266 g/mol. The molecule has 5 nitrogen and oxygen atoms in total. The van der Waals surface area contributed by atoms with Gasteiger partial charge in [-0.05, 0) is 18.1 Å². The van der Waals surface area contributed by atoms with Crippen LogP contribution in [0.25, 0.3) is 0 Å². The molecule has 1 rings (SSSR count). The maximum atomic E-state index is 11.1. The fourth-order valence-corrected chi connectivity index (χ4v) is 1.47. The lowest BCUT2D eigenvalue weighted by molar-refractivity contribution is 0.0696. The van der Waals surface area contributed by atoms with E-state index in [1.807, 2.05) is 27.7 Å². The zero-order valence-corrected chi connectivity index (χ0v) is 11.9. The first-order valence-electron chi connectivity index (χ1n) is 6.34. The van der Waals surface area contributed by atoms with E-state index in [4.69, 9.17) is 10.2 Å². The number of aliphatic hydroxyl groups is 1. The molecule has 1 heterocycles. The van der Waals surface area contributed by atoms with Crippen LogP contribution in [0.2, 0.25) is 0 Å². The number of nitrogens with zero attached hydrogens (tertiary/aromatic N) is 1. The fourth-order valence-electron chi connectivity index (χ4n) is 1.47. The molecule has 0 radical (unpaired) electrons. The second-order valence-corrected chi connectivity index (χ2v) is 5.85. The molecule has 19 heavy (non-hydrogen) atoms. The number of rotatable bonds is 5. The third-order valence-corrected chi connectivity index (χ3v) is 2.78. The van der Waals surface area contributed by atoms with Crippen LogP contribution in [0.5, 0.6) is 0 Å². The largest absolute Gasteiger partial charge is 0.478 e. The number of carbonyl (C=O) groups is 1. The Balaban J connectivity index is 3.03. The molecule has 106 valence electrons. The molecule has 0 aliphatic rings. The van der Waals surface area contributed by atoms with E-state index >= 15 is 0 Å². The monoisotopic (exact) mass is 266 g/mol. The number of aliphatic hydroxyl groups excluding tert-OH is 1. The van der Waals surface area contributed by atoms with Crippen LogP contribution < -0.4 is 5.32 Å². The summed E-state index contributed by atoms with van der Waals surface area (Å²) in [5.74, 6) is -0.343. The van der Waals surface area contributed by atoms with Crippen molar-refractivity contribution in [2.75, 3.05) is 18.5 Å². The molecule has 0 aromatic carbocycles. The third-order valence-electron chi connectivity index (χ3n) is 2.78. The minimum atomic E-state index is -0.967. The lowest BCUT2D eigenvalue weighted by atomic mass is 9.91. The van der Waals surface area contributed by atoms with Crippen LogP contribution in [0.4, 0.5) is 5.82 Å². The number of carboxylic acid groups (broad SMARTS) is 1. The molecule has 0 fully saturated rings. The summed E-state index contributed by atoms with van der Waals surface area (Å²) in [6, 6.07) is 3.12. The van der Waals surface area contributed by atoms with Crippen LogP contribution in [0.15, 0.2) is 12.1 Å². The fraction of sp³-hybridized carbons (Fsp3) is 0.571. The van der Waals surface area contributed by atoms with Crippen molar-refractivity contribution < 1.29 is 15.0 Å². The Bertz CT molecular complexity index is 452. The first kappa shape index (κ1) is 15.4. The molecule has 1 aromatic heterocycles. The second-order valence-electron chi connectivity index (χ2n) is 5.85. The van der Waals surface area contributed by atoms with E-state index in [0.29, 0.717) is 12.4 Å². The molecule has 1 unspecified atom stereocenters. The van der Waals surface area contributed by atoms with Gasteiger partial charge in [0.15, 0.2) is 0 Å². The predicted octanol–water partition coefficient (Wildman–Crippen LogP) is 2.12. The highest BCUT2D eigenvalue weighted by molar-refractivity contribution is 5.88. The first-order valence-corrected chi connectivity index (χ1v) is 6.34. The topological polar surface area (TPSA) is 82.5 Å². The van der Waals surface area contributed by atoms with E-state index < -0.39 is 5.97 Å². The Morgan fingerprint density at radius 3 is 2.53 bits per heavy atom. The summed E-state index contributed by atoms with van der Waals surface area (Å²) in [6.07, 6.45) is 0. The Morgan fingerprint density at radius 1 is 1.42 bits per heavy atom. The molecule has 0 aliphatic carbocycles. The summed E-state index contributed by atoms with van der Waals surface area (Å²) in [6.45, 7) is 8.50. The smallest absolute Gasteiger partial charge is 0.335 e. The number of anilines is 1. The quantitative estimate of drug-likeness (QED) is 0.760. The van der Waals surface area contributed by atoms with Gasteiger partial charge in [0.1, 0.15) is 5.82 Å². The molecule has 0 saturated carbocycles. The summed E-state index contributed by atoms with van der Waals surface area (Å²) >= 11 is 0. The SMILES string of the molecule is CC(CO)CNc1cc(C(=O)O)cc(C(C)(C)C)n1. The maximum Gasteiger partial charge on any atom is 0.335 e. The molecule has 0 bridgehead atoms. The molecule has 0 spiro atoms. The summed E-state index contributed by atoms with van der Waals surface area (Å²) < 4.78 is 0. The number of aromatic nitrogens is 1. The van der Waals surface area contributed by atoms with Crippen molar-refractivity contribution in [3.05, 3.63) is 23.4 Å². The van der Waals surface area contributed by atoms with E-state index in [1.54, 1.807) is 6.07 Å². The maximum absolute atomic E-state index is 11.1. The van der Waals surface area contributed by atoms with Gasteiger partial charge in [-0.1, -0.05) is 27.7 Å². The van der Waals surface area contributed by atoms with Gasteiger partial charge in [0.25, 0.3) is 0 Å². The van der Waals surface area contributed by atoms with Crippen LogP contribution in [-0.2, 0) is 5.41 Å². The number of carboxylic acids is 1. The highest BCUT2D eigenvalue weighted by Crippen LogP contribution is 2.23. The van der Waals surface area contributed by atoms with Gasteiger partial charge in [-0.3, -0.25) is 0 Å². The highest BCUT2D eigenvalue weighted by Gasteiger charge is 2.19. The van der Waals surface area contributed by atoms with Crippen molar-refractivity contribution in [3.63, 3.8) is 0 Å². The summed E-state index contributed by atoms with van der Waals surface area (Å²) in [5, 5.41) is 21.2. The first-order chi connectivity index (χ1) is 8.74. The molecule has 0 saturated heterocycles. The lowest BCUT2D eigenvalue weighted by Gasteiger charge is -2.20. The van der Waals surface area contributed by atoms with Gasteiger partial charge in [-0.25, -0.2) is 9.78 Å². The zero-order valence-electron chi connectivity index (χ0n) is 11.9. The molecule has 5 heteroatoms. The molecule has 1 atom stereocenters. The van der Waals surface area contributed by atoms with E-state index in [2.05, 4.69) is 10.3 Å². The standard InChI is InChI=1S/C14H22N2O3/c1-9(8-17)7-15-12-6-10(13(18)19)5-11(16-12)14(2,3)4/h5-6,9,17H,7-8H2,1-4H3,(H,15,16)(H,18,19). The van der Waals surface area contributed by atoms with Crippen LogP contribution in [0.3, 0.4) is 0 Å². The van der Waals surface area contributed by atoms with Gasteiger partial charge in [-0.2, -0.15) is 0 Å². The normalized spacial score (nSPS) is 13.1. The number of pyridine rings is 1. The van der Waals surface area contributed by atoms with E-state index in [1.165, 1.54) is 6.07 Å². The molecule has 3 N–H and O–H groups in total. The van der Waals surface area contributed by atoms with Gasteiger partial charge in [-0.15, -0.1) is 0 Å². The van der Waals surface area contributed by atoms with Crippen molar-refractivity contribution in [2.45, 2.75) is 33.1 Å². The van der Waals surface area contributed by atoms with Crippen LogP contribution in [0.1, 0.15) is 43.7 Å². The second kappa shape index (κ2) is 6.02. The minimum Gasteiger partial charge on any atom is -0.478 e. The predicted molar refractivity (Wildman–Crippen MR) is 74.6 cm³/mol. The molecular formula is C14H22N2O3. The van der Waals surface area contributed by atoms with E-state index in [-0.39, 0.29) is 23.5 Å². The highest BCUT2D eigenvalue weighted by atomic mass is 16.4. The van der Waals surface area contributed by atoms with Crippen molar-refractivity contribution >= 4 is 11.8 Å². The van der Waals surface area contributed by atoms with Gasteiger partial charge in [0, 0.05) is 24.3 Å². The number of hydrogen-bond acceptors (Lipinski definition) is 4. The number of hydrogen-bond donors (Lipinski definition) is 3. The number of nitrogens with one attached hydrogen (secondary N) is 1. The Kier molecular flexibility index (Phi) is 4.89. The van der Waals surface area contributed by atoms with Crippen LogP contribution in [0, 0.1) is 5.92 Å². The average Bonchev–Trinajstić information content (AvgIpc) is 2.34. The summed E-state index contributed by atoms with van der Waals surface area (Å²) in [4.78, 5) is 15.6. The molecule has 0 amide bonds.